The van der Waals surface area contributed by atoms with Crippen molar-refractivity contribution >= 4 is 11.8 Å². The lowest BCUT2D eigenvalue weighted by Gasteiger charge is -2.26. The van der Waals surface area contributed by atoms with E-state index in [1.165, 1.54) is 16.7 Å². The van der Waals surface area contributed by atoms with Crippen LogP contribution < -0.4 is 11.1 Å². The van der Waals surface area contributed by atoms with Gasteiger partial charge in [0.1, 0.15) is 6.04 Å². The summed E-state index contributed by atoms with van der Waals surface area (Å²) in [6.07, 6.45) is 3.29. The van der Waals surface area contributed by atoms with Crippen LogP contribution in [0.1, 0.15) is 38.7 Å². The molecule has 2 aromatic rings. The molecule has 1 heterocycles. The topological polar surface area (TPSA) is 75.4 Å². The average Bonchev–Trinajstić information content (AvgIpc) is 3.21. The van der Waals surface area contributed by atoms with Gasteiger partial charge in [-0.3, -0.25) is 14.5 Å². The number of hydrogen-bond acceptors (Lipinski definition) is 3. The number of nitrogens with two attached hydrogens (primary N) is 1. The Morgan fingerprint density at radius 1 is 1.07 bits per heavy atom. The fourth-order valence-corrected chi connectivity index (χ4v) is 4.14. The van der Waals surface area contributed by atoms with Crippen LogP contribution in [0, 0.1) is 5.92 Å². The van der Waals surface area contributed by atoms with E-state index in [1.807, 2.05) is 32.0 Å². The van der Waals surface area contributed by atoms with E-state index in [4.69, 9.17) is 5.73 Å². The molecule has 3 rings (SSSR count). The van der Waals surface area contributed by atoms with Gasteiger partial charge < -0.3 is 11.1 Å². The Hall–Kier alpha value is -2.66. The fraction of sp³-hybridized carbons (Fsp3) is 0.440. The second-order valence-corrected chi connectivity index (χ2v) is 8.60. The van der Waals surface area contributed by atoms with Crippen LogP contribution in [-0.2, 0) is 16.0 Å². The molecule has 2 aromatic carbocycles. The zero-order valence-corrected chi connectivity index (χ0v) is 18.0. The molecule has 1 fully saturated rings. The molecule has 0 aromatic heterocycles. The maximum atomic E-state index is 12.8. The molecule has 2 atom stereocenters. The third-order valence-corrected chi connectivity index (χ3v) is 5.78. The molecule has 160 valence electrons. The van der Waals surface area contributed by atoms with E-state index in [2.05, 4.69) is 46.6 Å². The molecule has 5 heteroatoms. The summed E-state index contributed by atoms with van der Waals surface area (Å²) in [7, 11) is 0. The normalized spacial score (nSPS) is 17.8. The Bertz CT molecular complexity index is 833. The first-order valence-electron chi connectivity index (χ1n) is 10.9. The van der Waals surface area contributed by atoms with E-state index in [0.29, 0.717) is 12.3 Å². The first kappa shape index (κ1) is 22.0. The highest BCUT2D eigenvalue weighted by Crippen LogP contribution is 2.21. The first-order chi connectivity index (χ1) is 14.4. The summed E-state index contributed by atoms with van der Waals surface area (Å²) in [6.45, 7) is 5.78. The molecule has 0 bridgehead atoms. The number of amides is 2. The predicted octanol–water partition coefficient (Wildman–Crippen LogP) is 3.38. The molecule has 30 heavy (non-hydrogen) atoms. The van der Waals surface area contributed by atoms with Crippen molar-refractivity contribution in [2.24, 2.45) is 11.7 Å². The Balaban J connectivity index is 1.56. The molecule has 3 N–H and O–H groups in total. The largest absolute Gasteiger partial charge is 0.368 e. The van der Waals surface area contributed by atoms with Gasteiger partial charge in [-0.1, -0.05) is 68.4 Å². The van der Waals surface area contributed by atoms with E-state index in [1.54, 1.807) is 0 Å². The smallest absolute Gasteiger partial charge is 0.240 e. The number of nitrogens with zero attached hydrogens (tertiary/aromatic N) is 1. The highest BCUT2D eigenvalue weighted by molar-refractivity contribution is 5.89. The van der Waals surface area contributed by atoms with Gasteiger partial charge in [-0.05, 0) is 54.8 Å². The average molecular weight is 408 g/mol. The van der Waals surface area contributed by atoms with Crippen molar-refractivity contribution in [1.82, 2.24) is 10.2 Å². The standard InChI is InChI=1S/C25H33N3O2/c1-18(2)17-22(24(26)29)27-25(30)23-9-6-15-28(23)16-14-19-10-12-21(13-11-19)20-7-4-3-5-8-20/h3-5,7-8,10-13,18,22-23H,6,9,14-17H2,1-2H3,(H2,26,29)(H,27,30)/t22-,23-/m0/s1. The Morgan fingerprint density at radius 3 is 2.37 bits per heavy atom. The SMILES string of the molecule is CC(C)C[C@H](NC(=O)[C@@H]1CCCN1CCc1ccc(-c2ccccc2)cc1)C(N)=O. The van der Waals surface area contributed by atoms with Crippen LogP contribution in [0.25, 0.3) is 11.1 Å². The van der Waals surface area contributed by atoms with Crippen molar-refractivity contribution in [1.29, 1.82) is 0 Å². The molecule has 0 saturated carbocycles. The quantitative estimate of drug-likeness (QED) is 0.669. The fourth-order valence-electron chi connectivity index (χ4n) is 4.14. The van der Waals surface area contributed by atoms with E-state index >= 15 is 0 Å². The van der Waals surface area contributed by atoms with E-state index in [-0.39, 0.29) is 11.9 Å². The molecule has 5 nitrogen and oxygen atoms in total. The van der Waals surface area contributed by atoms with Gasteiger partial charge in [-0.25, -0.2) is 0 Å². The lowest BCUT2D eigenvalue weighted by Crippen LogP contribution is -2.51. The van der Waals surface area contributed by atoms with Crippen molar-refractivity contribution in [2.75, 3.05) is 13.1 Å². The van der Waals surface area contributed by atoms with Crippen molar-refractivity contribution in [3.63, 3.8) is 0 Å². The number of hydrogen-bond donors (Lipinski definition) is 2. The number of nitrogens with one attached hydrogen (secondary N) is 1. The summed E-state index contributed by atoms with van der Waals surface area (Å²) in [5, 5.41) is 2.89. The van der Waals surface area contributed by atoms with Crippen LogP contribution in [-0.4, -0.2) is 41.9 Å². The monoisotopic (exact) mass is 407 g/mol. The van der Waals surface area contributed by atoms with E-state index < -0.39 is 11.9 Å². The molecule has 1 saturated heterocycles. The molecule has 0 spiro atoms. The van der Waals surface area contributed by atoms with Crippen LogP contribution in [0.2, 0.25) is 0 Å². The zero-order chi connectivity index (χ0) is 21.5. The van der Waals surface area contributed by atoms with Gasteiger partial charge in [0.25, 0.3) is 0 Å². The van der Waals surface area contributed by atoms with Gasteiger partial charge in [0, 0.05) is 6.54 Å². The molecular weight excluding hydrogens is 374 g/mol. The minimum atomic E-state index is -0.592. The van der Waals surface area contributed by atoms with Gasteiger partial charge in [-0.2, -0.15) is 0 Å². The van der Waals surface area contributed by atoms with Gasteiger partial charge in [0.2, 0.25) is 11.8 Å². The van der Waals surface area contributed by atoms with Gasteiger partial charge in [0.05, 0.1) is 6.04 Å². The van der Waals surface area contributed by atoms with Crippen molar-refractivity contribution < 1.29 is 9.59 Å². The highest BCUT2D eigenvalue weighted by atomic mass is 16.2. The molecule has 0 aliphatic carbocycles. The Labute approximate surface area is 179 Å². The van der Waals surface area contributed by atoms with Crippen LogP contribution in [0.3, 0.4) is 0 Å². The summed E-state index contributed by atoms with van der Waals surface area (Å²) in [5.74, 6) is -0.238. The number of likely N-dealkylation sites (tertiary alicyclic amines) is 1. The van der Waals surface area contributed by atoms with Crippen LogP contribution in [0.15, 0.2) is 54.6 Å². The Morgan fingerprint density at radius 2 is 1.73 bits per heavy atom. The number of carbonyl (C=O) groups is 2. The number of primary amides is 1. The van der Waals surface area contributed by atoms with Crippen LogP contribution in [0.4, 0.5) is 0 Å². The lowest BCUT2D eigenvalue weighted by atomic mass is 10.0. The third-order valence-electron chi connectivity index (χ3n) is 5.78. The van der Waals surface area contributed by atoms with E-state index in [0.717, 1.165) is 32.4 Å². The zero-order valence-electron chi connectivity index (χ0n) is 18.0. The maximum Gasteiger partial charge on any atom is 0.240 e. The van der Waals surface area contributed by atoms with E-state index in [9.17, 15) is 9.59 Å². The minimum Gasteiger partial charge on any atom is -0.368 e. The summed E-state index contributed by atoms with van der Waals surface area (Å²) in [6, 6.07) is 18.2. The predicted molar refractivity (Wildman–Crippen MR) is 121 cm³/mol. The summed E-state index contributed by atoms with van der Waals surface area (Å²) < 4.78 is 0. The minimum absolute atomic E-state index is 0.0728. The maximum absolute atomic E-state index is 12.8. The molecule has 1 aliphatic heterocycles. The Kier molecular flexibility index (Phi) is 7.63. The van der Waals surface area contributed by atoms with Crippen molar-refractivity contribution in [2.45, 2.75) is 51.6 Å². The van der Waals surface area contributed by atoms with Crippen LogP contribution >= 0.6 is 0 Å². The molecule has 2 amide bonds. The molecule has 0 unspecified atom stereocenters. The summed E-state index contributed by atoms with van der Waals surface area (Å²) in [4.78, 5) is 26.7. The summed E-state index contributed by atoms with van der Waals surface area (Å²) >= 11 is 0. The number of rotatable bonds is 9. The van der Waals surface area contributed by atoms with Crippen molar-refractivity contribution in [3.8, 4) is 11.1 Å². The number of carbonyl (C=O) groups excluding carboxylic acids is 2. The highest BCUT2D eigenvalue weighted by Gasteiger charge is 2.32. The van der Waals surface area contributed by atoms with Crippen LogP contribution in [0.5, 0.6) is 0 Å². The van der Waals surface area contributed by atoms with Gasteiger partial charge in [0.15, 0.2) is 0 Å². The lowest BCUT2D eigenvalue weighted by molar-refractivity contribution is -0.130. The number of benzene rings is 2. The third kappa shape index (κ3) is 5.92. The second-order valence-electron chi connectivity index (χ2n) is 8.60. The molecule has 0 radical (unpaired) electrons. The second kappa shape index (κ2) is 10.4. The molecule has 1 aliphatic rings. The first-order valence-corrected chi connectivity index (χ1v) is 10.9. The van der Waals surface area contributed by atoms with Gasteiger partial charge in [-0.15, -0.1) is 0 Å². The summed E-state index contributed by atoms with van der Waals surface area (Å²) in [5.41, 5.74) is 9.17. The van der Waals surface area contributed by atoms with Gasteiger partial charge >= 0.3 is 0 Å². The molecular formula is C25H33N3O2. The van der Waals surface area contributed by atoms with Crippen molar-refractivity contribution in [3.05, 3.63) is 60.2 Å².